The maximum absolute atomic E-state index is 11.7. The van der Waals surface area contributed by atoms with Gasteiger partial charge in [-0.25, -0.2) is 0 Å². The van der Waals surface area contributed by atoms with Crippen molar-refractivity contribution in [2.45, 2.75) is 33.2 Å². The number of carbonyl (C=O) groups excluding carboxylic acids is 1. The molecule has 0 bridgehead atoms. The third-order valence-electron chi connectivity index (χ3n) is 3.29. The molecule has 0 fully saturated rings. The zero-order valence-electron chi connectivity index (χ0n) is 12.4. The van der Waals surface area contributed by atoms with E-state index in [-0.39, 0.29) is 11.2 Å². The molecule has 2 rings (SSSR count). The van der Waals surface area contributed by atoms with Crippen molar-refractivity contribution >= 4 is 23.1 Å². The first-order chi connectivity index (χ1) is 9.94. The van der Waals surface area contributed by atoms with Gasteiger partial charge in [-0.1, -0.05) is 44.2 Å². The second kappa shape index (κ2) is 6.72. The Morgan fingerprint density at radius 3 is 2.62 bits per heavy atom. The highest BCUT2D eigenvalue weighted by Crippen LogP contribution is 2.32. The van der Waals surface area contributed by atoms with Crippen molar-refractivity contribution in [1.82, 2.24) is 16.2 Å². The number of allylic oxidation sites excluding steroid dienone is 2. The van der Waals surface area contributed by atoms with Gasteiger partial charge in [0.05, 0.1) is 0 Å². The van der Waals surface area contributed by atoms with Gasteiger partial charge in [0.1, 0.15) is 0 Å². The highest BCUT2D eigenvalue weighted by molar-refractivity contribution is 7.80. The summed E-state index contributed by atoms with van der Waals surface area (Å²) in [6, 6.07) is 10.0. The summed E-state index contributed by atoms with van der Waals surface area (Å²) in [6.45, 7) is 4.84. The van der Waals surface area contributed by atoms with Crippen LogP contribution >= 0.6 is 12.2 Å². The molecule has 0 atom stereocenters. The molecule has 112 valence electrons. The summed E-state index contributed by atoms with van der Waals surface area (Å²) in [5, 5.41) is 3.63. The lowest BCUT2D eigenvalue weighted by Crippen LogP contribution is -2.44. The first-order valence-corrected chi connectivity index (χ1v) is 7.43. The third-order valence-corrected chi connectivity index (χ3v) is 3.54. The Morgan fingerprint density at radius 1 is 1.24 bits per heavy atom. The van der Waals surface area contributed by atoms with Crippen molar-refractivity contribution in [3.63, 3.8) is 0 Å². The van der Waals surface area contributed by atoms with Gasteiger partial charge in [-0.15, -0.1) is 0 Å². The van der Waals surface area contributed by atoms with Gasteiger partial charge in [-0.05, 0) is 29.6 Å². The number of carbonyl (C=O) groups is 1. The molecule has 4 nitrogen and oxygen atoms in total. The fourth-order valence-electron chi connectivity index (χ4n) is 2.39. The number of benzene rings is 1. The second-order valence-electron chi connectivity index (χ2n) is 6.07. The maximum Gasteiger partial charge on any atom is 0.185 e. The van der Waals surface area contributed by atoms with Crippen LogP contribution in [-0.2, 0) is 11.3 Å². The van der Waals surface area contributed by atoms with Gasteiger partial charge in [-0.2, -0.15) is 0 Å². The van der Waals surface area contributed by atoms with Gasteiger partial charge < -0.3 is 10.7 Å². The Morgan fingerprint density at radius 2 is 1.95 bits per heavy atom. The third kappa shape index (κ3) is 5.19. The van der Waals surface area contributed by atoms with Gasteiger partial charge in [-0.3, -0.25) is 10.2 Å². The SMILES string of the molecule is CC1(C)CC(=O)C=C(NNC(=S)NCc2ccccc2)C1. The highest BCUT2D eigenvalue weighted by atomic mass is 32.1. The highest BCUT2D eigenvalue weighted by Gasteiger charge is 2.27. The van der Waals surface area contributed by atoms with Crippen LogP contribution < -0.4 is 16.2 Å². The number of nitrogens with one attached hydrogen (secondary N) is 3. The van der Waals surface area contributed by atoms with Crippen molar-refractivity contribution < 1.29 is 4.79 Å². The van der Waals surface area contributed by atoms with Gasteiger partial charge in [0.25, 0.3) is 0 Å². The minimum absolute atomic E-state index is 0.00503. The summed E-state index contributed by atoms with van der Waals surface area (Å²) in [5.74, 6) is 0.152. The van der Waals surface area contributed by atoms with Crippen LogP contribution in [0.5, 0.6) is 0 Å². The van der Waals surface area contributed by atoms with Crippen LogP contribution in [0.25, 0.3) is 0 Å². The summed E-state index contributed by atoms with van der Waals surface area (Å²) in [4.78, 5) is 11.7. The number of hydrogen-bond acceptors (Lipinski definition) is 3. The molecule has 1 aromatic rings. The molecule has 0 unspecified atom stereocenters. The predicted octanol–water partition coefficient (Wildman–Crippen LogP) is 2.43. The van der Waals surface area contributed by atoms with E-state index in [1.807, 2.05) is 30.3 Å². The van der Waals surface area contributed by atoms with E-state index in [0.717, 1.165) is 17.7 Å². The summed E-state index contributed by atoms with van der Waals surface area (Å²) in [7, 11) is 0. The molecule has 5 heteroatoms. The van der Waals surface area contributed by atoms with Crippen LogP contribution in [0.4, 0.5) is 0 Å². The minimum atomic E-state index is -0.00503. The molecule has 21 heavy (non-hydrogen) atoms. The van der Waals surface area contributed by atoms with Crippen LogP contribution in [0.3, 0.4) is 0 Å². The van der Waals surface area contributed by atoms with Crippen LogP contribution in [-0.4, -0.2) is 10.9 Å². The molecule has 0 heterocycles. The van der Waals surface area contributed by atoms with Gasteiger partial charge in [0, 0.05) is 24.7 Å². The van der Waals surface area contributed by atoms with E-state index in [2.05, 4.69) is 30.0 Å². The van der Waals surface area contributed by atoms with Gasteiger partial charge in [0.2, 0.25) is 0 Å². The normalized spacial score (nSPS) is 16.9. The molecule has 0 radical (unpaired) electrons. The van der Waals surface area contributed by atoms with Crippen molar-refractivity contribution in [1.29, 1.82) is 0 Å². The lowest BCUT2D eigenvalue weighted by molar-refractivity contribution is -0.117. The maximum atomic E-state index is 11.7. The molecule has 1 aliphatic rings. The number of ketones is 1. The van der Waals surface area contributed by atoms with E-state index in [1.54, 1.807) is 6.08 Å². The Balaban J connectivity index is 1.78. The summed E-state index contributed by atoms with van der Waals surface area (Å²) in [6.07, 6.45) is 3.07. The monoisotopic (exact) mass is 303 g/mol. The van der Waals surface area contributed by atoms with E-state index < -0.39 is 0 Å². The molecule has 0 saturated heterocycles. The zero-order valence-corrected chi connectivity index (χ0v) is 13.2. The van der Waals surface area contributed by atoms with Crippen molar-refractivity contribution in [2.75, 3.05) is 0 Å². The van der Waals surface area contributed by atoms with E-state index in [0.29, 0.717) is 18.1 Å². The standard InChI is InChI=1S/C16H21N3OS/c1-16(2)9-13(8-14(20)10-16)18-19-15(21)17-11-12-6-4-3-5-7-12/h3-8,18H,9-11H2,1-2H3,(H2,17,19,21). The molecule has 0 amide bonds. The lowest BCUT2D eigenvalue weighted by atomic mass is 9.79. The first-order valence-electron chi connectivity index (χ1n) is 7.02. The molecule has 0 aliphatic heterocycles. The zero-order chi connectivity index (χ0) is 15.3. The van der Waals surface area contributed by atoms with Crippen LogP contribution in [0.2, 0.25) is 0 Å². The fraction of sp³-hybridized carbons (Fsp3) is 0.375. The van der Waals surface area contributed by atoms with Crippen molar-refractivity contribution in [2.24, 2.45) is 5.41 Å². The molecule has 1 aromatic carbocycles. The number of hydrazine groups is 1. The van der Waals surface area contributed by atoms with Gasteiger partial charge in [0.15, 0.2) is 10.9 Å². The Labute approximate surface area is 131 Å². The second-order valence-corrected chi connectivity index (χ2v) is 6.48. The topological polar surface area (TPSA) is 53.2 Å². The smallest absolute Gasteiger partial charge is 0.185 e. The fourth-order valence-corrected chi connectivity index (χ4v) is 2.51. The average molecular weight is 303 g/mol. The predicted molar refractivity (Wildman–Crippen MR) is 88.3 cm³/mol. The van der Waals surface area contributed by atoms with E-state index >= 15 is 0 Å². The largest absolute Gasteiger partial charge is 0.357 e. The van der Waals surface area contributed by atoms with Crippen LogP contribution in [0, 0.1) is 5.41 Å². The number of rotatable bonds is 4. The average Bonchev–Trinajstić information content (AvgIpc) is 2.42. The van der Waals surface area contributed by atoms with Crippen molar-refractivity contribution in [3.8, 4) is 0 Å². The quantitative estimate of drug-likeness (QED) is 0.589. The van der Waals surface area contributed by atoms with E-state index in [4.69, 9.17) is 12.2 Å². The van der Waals surface area contributed by atoms with Crippen LogP contribution in [0.15, 0.2) is 42.1 Å². The molecular formula is C16H21N3OS. The molecule has 0 aromatic heterocycles. The lowest BCUT2D eigenvalue weighted by Gasteiger charge is -2.29. The minimum Gasteiger partial charge on any atom is -0.357 e. The number of thiocarbonyl (C=S) groups is 1. The number of hydrogen-bond donors (Lipinski definition) is 3. The molecular weight excluding hydrogens is 282 g/mol. The molecule has 1 aliphatic carbocycles. The molecule has 0 spiro atoms. The van der Waals surface area contributed by atoms with E-state index in [9.17, 15) is 4.79 Å². The summed E-state index contributed by atoms with van der Waals surface area (Å²) in [5.41, 5.74) is 7.99. The summed E-state index contributed by atoms with van der Waals surface area (Å²) >= 11 is 5.21. The Hall–Kier alpha value is -1.88. The molecule has 3 N–H and O–H groups in total. The Bertz CT molecular complexity index is 552. The Kier molecular flexibility index (Phi) is 4.96. The first kappa shape index (κ1) is 15.5. The van der Waals surface area contributed by atoms with Crippen LogP contribution in [0.1, 0.15) is 32.3 Å². The van der Waals surface area contributed by atoms with Crippen molar-refractivity contribution in [3.05, 3.63) is 47.7 Å². The molecule has 0 saturated carbocycles. The van der Waals surface area contributed by atoms with Gasteiger partial charge >= 0.3 is 0 Å². The van der Waals surface area contributed by atoms with E-state index in [1.165, 1.54) is 0 Å². The summed E-state index contributed by atoms with van der Waals surface area (Å²) < 4.78 is 0.